The van der Waals surface area contributed by atoms with Crippen molar-refractivity contribution in [2.24, 2.45) is 5.16 Å². The van der Waals surface area contributed by atoms with Crippen LogP contribution in [-0.4, -0.2) is 23.5 Å². The number of hydrogen-bond acceptors (Lipinski definition) is 3. The van der Waals surface area contributed by atoms with Gasteiger partial charge < -0.3 is 10.1 Å². The highest BCUT2D eigenvalue weighted by Crippen LogP contribution is 2.34. The Labute approximate surface area is 102 Å². The molecule has 0 atom stereocenters. The van der Waals surface area contributed by atoms with Gasteiger partial charge in [0, 0.05) is 30.3 Å². The Bertz CT molecular complexity index is 436. The molecule has 0 amide bonds. The van der Waals surface area contributed by atoms with Gasteiger partial charge in [-0.3, -0.25) is 0 Å². The zero-order valence-electron chi connectivity index (χ0n) is 9.97. The summed E-state index contributed by atoms with van der Waals surface area (Å²) in [7, 11) is 0. The average Bonchev–Trinajstić information content (AvgIpc) is 2.91. The molecule has 17 heavy (non-hydrogen) atoms. The fourth-order valence-electron chi connectivity index (χ4n) is 3.15. The van der Waals surface area contributed by atoms with Crippen molar-refractivity contribution < 1.29 is 5.21 Å². The fraction of sp³-hybridized carbons (Fsp3) is 0.500. The van der Waals surface area contributed by atoms with Gasteiger partial charge in [-0.25, -0.2) is 0 Å². The van der Waals surface area contributed by atoms with E-state index in [0.29, 0.717) is 6.04 Å². The Morgan fingerprint density at radius 1 is 1.18 bits per heavy atom. The summed E-state index contributed by atoms with van der Waals surface area (Å²) in [6.45, 7) is 0.987. The van der Waals surface area contributed by atoms with E-state index in [1.54, 1.807) is 0 Å². The maximum atomic E-state index is 9.06. The molecule has 90 valence electrons. The fourth-order valence-corrected chi connectivity index (χ4v) is 3.15. The van der Waals surface area contributed by atoms with Crippen molar-refractivity contribution in [3.63, 3.8) is 0 Å². The lowest BCUT2D eigenvalue weighted by molar-refractivity contribution is 0.317. The molecule has 0 aromatic heterocycles. The lowest BCUT2D eigenvalue weighted by Gasteiger charge is -2.36. The Morgan fingerprint density at radius 2 is 1.94 bits per heavy atom. The molecule has 0 bridgehead atoms. The summed E-state index contributed by atoms with van der Waals surface area (Å²) in [5.41, 5.74) is 3.18. The minimum absolute atomic E-state index is 0.691. The normalized spacial score (nSPS) is 23.1. The third kappa shape index (κ3) is 1.79. The van der Waals surface area contributed by atoms with Crippen LogP contribution in [0.3, 0.4) is 0 Å². The van der Waals surface area contributed by atoms with Gasteiger partial charge in [-0.1, -0.05) is 36.2 Å². The molecule has 0 unspecified atom stereocenters. The first kappa shape index (κ1) is 10.6. The van der Waals surface area contributed by atoms with Crippen molar-refractivity contribution in [1.29, 1.82) is 0 Å². The van der Waals surface area contributed by atoms with Gasteiger partial charge >= 0.3 is 0 Å². The quantitative estimate of drug-likeness (QED) is 0.594. The highest BCUT2D eigenvalue weighted by atomic mass is 16.4. The minimum atomic E-state index is 0.691. The van der Waals surface area contributed by atoms with Crippen molar-refractivity contribution in [1.82, 2.24) is 0 Å². The number of rotatable bonds is 1. The number of oxime groups is 1. The number of fused-ring (bicyclic) bond motifs is 1. The highest BCUT2D eigenvalue weighted by molar-refractivity contribution is 6.06. The standard InChI is InChI=1S/C14H18N2O/c17-15-13-9-10-16(11-5-1-2-6-11)14-8-4-3-7-12(13)14/h3-4,7-8,11,17H,1-2,5-6,9-10H2. The van der Waals surface area contributed by atoms with Crippen LogP contribution in [-0.2, 0) is 0 Å². The molecule has 1 aliphatic heterocycles. The van der Waals surface area contributed by atoms with E-state index in [4.69, 9.17) is 5.21 Å². The molecule has 3 rings (SSSR count). The number of anilines is 1. The molecule has 2 aliphatic rings. The monoisotopic (exact) mass is 230 g/mol. The van der Waals surface area contributed by atoms with Crippen molar-refractivity contribution in [2.75, 3.05) is 11.4 Å². The zero-order chi connectivity index (χ0) is 11.7. The van der Waals surface area contributed by atoms with Crippen molar-refractivity contribution in [2.45, 2.75) is 38.1 Å². The van der Waals surface area contributed by atoms with Crippen LogP contribution in [0, 0.1) is 0 Å². The van der Waals surface area contributed by atoms with Gasteiger partial charge in [0.15, 0.2) is 0 Å². The molecule has 1 fully saturated rings. The van der Waals surface area contributed by atoms with E-state index in [2.05, 4.69) is 28.3 Å². The van der Waals surface area contributed by atoms with E-state index in [9.17, 15) is 0 Å². The topological polar surface area (TPSA) is 35.8 Å². The summed E-state index contributed by atoms with van der Waals surface area (Å²) in [5, 5.41) is 12.5. The SMILES string of the molecule is ON=C1CCN(C2CCCC2)c2ccccc21. The molecular formula is C14H18N2O. The third-order valence-electron chi connectivity index (χ3n) is 4.00. The third-order valence-corrected chi connectivity index (χ3v) is 4.00. The molecule has 1 N–H and O–H groups in total. The van der Waals surface area contributed by atoms with E-state index < -0.39 is 0 Å². The van der Waals surface area contributed by atoms with Crippen LogP contribution < -0.4 is 4.90 Å². The van der Waals surface area contributed by atoms with Gasteiger partial charge in [0.05, 0.1) is 5.71 Å². The Hall–Kier alpha value is -1.51. The molecule has 1 heterocycles. The van der Waals surface area contributed by atoms with E-state index in [0.717, 1.165) is 24.2 Å². The Balaban J connectivity index is 1.98. The van der Waals surface area contributed by atoms with Crippen LogP contribution in [0.1, 0.15) is 37.7 Å². The second-order valence-corrected chi connectivity index (χ2v) is 4.95. The molecule has 3 nitrogen and oxygen atoms in total. The Morgan fingerprint density at radius 3 is 2.71 bits per heavy atom. The molecule has 0 radical (unpaired) electrons. The van der Waals surface area contributed by atoms with Gasteiger partial charge in [-0.05, 0) is 18.9 Å². The van der Waals surface area contributed by atoms with Crippen molar-refractivity contribution in [3.8, 4) is 0 Å². The van der Waals surface area contributed by atoms with Crippen LogP contribution >= 0.6 is 0 Å². The molecule has 1 aliphatic carbocycles. The first-order chi connectivity index (χ1) is 8.40. The number of nitrogens with zero attached hydrogens (tertiary/aromatic N) is 2. The predicted octanol–water partition coefficient (Wildman–Crippen LogP) is 3.02. The maximum absolute atomic E-state index is 9.06. The summed E-state index contributed by atoms with van der Waals surface area (Å²) in [6, 6.07) is 8.99. The van der Waals surface area contributed by atoms with E-state index in [-0.39, 0.29) is 0 Å². The highest BCUT2D eigenvalue weighted by Gasteiger charge is 2.28. The summed E-state index contributed by atoms with van der Waals surface area (Å²) in [4.78, 5) is 2.51. The van der Waals surface area contributed by atoms with Crippen LogP contribution in [0.4, 0.5) is 5.69 Å². The predicted molar refractivity (Wildman–Crippen MR) is 69.0 cm³/mol. The van der Waals surface area contributed by atoms with Crippen molar-refractivity contribution >= 4 is 11.4 Å². The number of benzene rings is 1. The smallest absolute Gasteiger partial charge is 0.0906 e. The van der Waals surface area contributed by atoms with E-state index >= 15 is 0 Å². The molecule has 1 saturated carbocycles. The lowest BCUT2D eigenvalue weighted by atomic mass is 9.97. The second kappa shape index (κ2) is 4.40. The van der Waals surface area contributed by atoms with Crippen LogP contribution in [0.15, 0.2) is 29.4 Å². The first-order valence-electron chi connectivity index (χ1n) is 6.47. The van der Waals surface area contributed by atoms with Crippen LogP contribution in [0.5, 0.6) is 0 Å². The molecule has 3 heteroatoms. The van der Waals surface area contributed by atoms with Crippen LogP contribution in [0.2, 0.25) is 0 Å². The largest absolute Gasteiger partial charge is 0.411 e. The van der Waals surface area contributed by atoms with Gasteiger partial charge in [0.1, 0.15) is 0 Å². The first-order valence-corrected chi connectivity index (χ1v) is 6.47. The number of para-hydroxylation sites is 1. The van der Waals surface area contributed by atoms with E-state index in [1.165, 1.54) is 31.4 Å². The lowest BCUT2D eigenvalue weighted by Crippen LogP contribution is -2.39. The maximum Gasteiger partial charge on any atom is 0.0906 e. The van der Waals surface area contributed by atoms with Crippen LogP contribution in [0.25, 0.3) is 0 Å². The molecule has 0 spiro atoms. The summed E-state index contributed by atoms with van der Waals surface area (Å²) in [5.74, 6) is 0. The Kier molecular flexibility index (Phi) is 2.75. The summed E-state index contributed by atoms with van der Waals surface area (Å²) >= 11 is 0. The summed E-state index contributed by atoms with van der Waals surface area (Å²) in [6.07, 6.45) is 6.17. The van der Waals surface area contributed by atoms with Crippen molar-refractivity contribution in [3.05, 3.63) is 29.8 Å². The molecular weight excluding hydrogens is 212 g/mol. The molecule has 1 aromatic rings. The number of hydrogen-bond donors (Lipinski definition) is 1. The van der Waals surface area contributed by atoms with Gasteiger partial charge in [0.25, 0.3) is 0 Å². The minimum Gasteiger partial charge on any atom is -0.411 e. The van der Waals surface area contributed by atoms with Gasteiger partial charge in [0.2, 0.25) is 0 Å². The molecule has 1 aromatic carbocycles. The summed E-state index contributed by atoms with van der Waals surface area (Å²) < 4.78 is 0. The zero-order valence-corrected chi connectivity index (χ0v) is 9.97. The second-order valence-electron chi connectivity index (χ2n) is 4.95. The van der Waals surface area contributed by atoms with E-state index in [1.807, 2.05) is 6.07 Å². The molecule has 0 saturated heterocycles. The average molecular weight is 230 g/mol. The van der Waals surface area contributed by atoms with Gasteiger partial charge in [-0.15, -0.1) is 0 Å². The van der Waals surface area contributed by atoms with Gasteiger partial charge in [-0.2, -0.15) is 0 Å².